The van der Waals surface area contributed by atoms with Gasteiger partial charge in [0.1, 0.15) is 0 Å². The molecule has 0 amide bonds. The molecule has 2 rings (SSSR count). The lowest BCUT2D eigenvalue weighted by Gasteiger charge is -2.19. The zero-order valence-electron chi connectivity index (χ0n) is 10.3. The number of aromatic nitrogens is 2. The number of imidazole rings is 1. The van der Waals surface area contributed by atoms with Crippen LogP contribution in [0.15, 0.2) is 12.1 Å². The number of fused-ring (bicyclic) bond motifs is 1. The smallest absolute Gasteiger partial charge is 0.399 e. The number of nitrogens with zero attached hydrogens (tertiary/aromatic N) is 1. The van der Waals surface area contributed by atoms with Crippen molar-refractivity contribution in [1.82, 2.24) is 9.97 Å². The van der Waals surface area contributed by atoms with Gasteiger partial charge >= 0.3 is 6.18 Å². The lowest BCUT2D eigenvalue weighted by atomic mass is 9.86. The lowest BCUT2D eigenvalue weighted by molar-refractivity contribution is -0.144. The highest BCUT2D eigenvalue weighted by atomic mass is 19.4. The highest BCUT2D eigenvalue weighted by Crippen LogP contribution is 2.34. The van der Waals surface area contributed by atoms with Crippen LogP contribution in [-0.4, -0.2) is 9.97 Å². The van der Waals surface area contributed by atoms with Crippen molar-refractivity contribution in [1.29, 1.82) is 0 Å². The summed E-state index contributed by atoms with van der Waals surface area (Å²) in [5.74, 6) is -0.992. The van der Waals surface area contributed by atoms with E-state index in [9.17, 15) is 13.2 Å². The van der Waals surface area contributed by atoms with E-state index in [2.05, 4.69) is 9.97 Å². The van der Waals surface area contributed by atoms with Gasteiger partial charge in [-0.3, -0.25) is 0 Å². The number of halogens is 3. The fraction of sp³-hybridized carbons (Fsp3) is 0.417. The van der Waals surface area contributed by atoms with Crippen molar-refractivity contribution in [3.05, 3.63) is 23.5 Å². The molecule has 0 saturated carbocycles. The first-order chi connectivity index (χ1) is 8.09. The molecular weight excluding hydrogens is 243 g/mol. The largest absolute Gasteiger partial charge is 0.449 e. The van der Waals surface area contributed by atoms with Gasteiger partial charge in [0.25, 0.3) is 0 Å². The van der Waals surface area contributed by atoms with Gasteiger partial charge in [-0.2, -0.15) is 13.2 Å². The molecule has 3 nitrogen and oxygen atoms in total. The molecule has 0 aliphatic carbocycles. The Morgan fingerprint density at radius 2 is 1.78 bits per heavy atom. The van der Waals surface area contributed by atoms with Crippen LogP contribution >= 0.6 is 0 Å². The van der Waals surface area contributed by atoms with E-state index in [1.54, 1.807) is 6.07 Å². The molecule has 18 heavy (non-hydrogen) atoms. The van der Waals surface area contributed by atoms with E-state index in [0.717, 1.165) is 0 Å². The molecule has 0 aliphatic rings. The first-order valence-corrected chi connectivity index (χ1v) is 5.46. The number of nitrogens with two attached hydrogens (primary N) is 1. The van der Waals surface area contributed by atoms with E-state index in [4.69, 9.17) is 5.73 Å². The second kappa shape index (κ2) is 3.63. The Hall–Kier alpha value is -1.72. The molecule has 1 heterocycles. The lowest BCUT2D eigenvalue weighted by Crippen LogP contribution is -2.12. The maximum Gasteiger partial charge on any atom is 0.449 e. The van der Waals surface area contributed by atoms with Crippen LogP contribution in [0.4, 0.5) is 18.9 Å². The Kier molecular flexibility index (Phi) is 2.57. The van der Waals surface area contributed by atoms with Gasteiger partial charge in [-0.15, -0.1) is 0 Å². The van der Waals surface area contributed by atoms with Gasteiger partial charge in [-0.25, -0.2) is 4.98 Å². The molecule has 1 aromatic heterocycles. The van der Waals surface area contributed by atoms with Crippen LogP contribution in [0.1, 0.15) is 32.2 Å². The second-order valence-corrected chi connectivity index (χ2v) is 5.30. The molecule has 0 unspecified atom stereocenters. The molecule has 2 aromatic rings. The van der Waals surface area contributed by atoms with E-state index in [1.807, 2.05) is 20.8 Å². The molecule has 0 atom stereocenters. The fourth-order valence-electron chi connectivity index (χ4n) is 1.85. The summed E-state index contributed by atoms with van der Waals surface area (Å²) in [4.78, 5) is 5.93. The minimum Gasteiger partial charge on any atom is -0.399 e. The predicted octanol–water partition coefficient (Wildman–Crippen LogP) is 3.46. The number of hydrogen-bond donors (Lipinski definition) is 2. The number of nitrogens with one attached hydrogen (secondary N) is 1. The molecule has 3 N–H and O–H groups in total. The first kappa shape index (κ1) is 12.7. The molecule has 0 fully saturated rings. The van der Waals surface area contributed by atoms with Gasteiger partial charge in [-0.05, 0) is 23.1 Å². The second-order valence-electron chi connectivity index (χ2n) is 5.30. The number of alkyl halides is 3. The van der Waals surface area contributed by atoms with Crippen molar-refractivity contribution in [2.45, 2.75) is 32.4 Å². The summed E-state index contributed by atoms with van der Waals surface area (Å²) in [7, 11) is 0. The fourth-order valence-corrected chi connectivity index (χ4v) is 1.85. The van der Waals surface area contributed by atoms with E-state index in [-0.39, 0.29) is 5.41 Å². The molecule has 0 spiro atoms. The van der Waals surface area contributed by atoms with Crippen LogP contribution in [0.2, 0.25) is 0 Å². The minimum atomic E-state index is -4.48. The number of H-pyrrole nitrogens is 1. The van der Waals surface area contributed by atoms with Gasteiger partial charge in [0, 0.05) is 5.69 Å². The summed E-state index contributed by atoms with van der Waals surface area (Å²) in [5, 5.41) is 0. The van der Waals surface area contributed by atoms with Crippen LogP contribution in [0.5, 0.6) is 0 Å². The standard InChI is InChI=1S/C12H14F3N3/c1-11(2,3)7-4-6(16)5-8-9(7)18-10(17-8)12(13,14)15/h4-5H,16H2,1-3H3,(H,17,18). The topological polar surface area (TPSA) is 54.7 Å². The van der Waals surface area contributed by atoms with Crippen LogP contribution in [0, 0.1) is 0 Å². The number of benzene rings is 1. The summed E-state index contributed by atoms with van der Waals surface area (Å²) >= 11 is 0. The highest BCUT2D eigenvalue weighted by Gasteiger charge is 2.35. The van der Waals surface area contributed by atoms with Crippen molar-refractivity contribution < 1.29 is 13.2 Å². The molecule has 0 bridgehead atoms. The monoisotopic (exact) mass is 257 g/mol. The number of hydrogen-bond acceptors (Lipinski definition) is 2. The van der Waals surface area contributed by atoms with Crippen molar-refractivity contribution >= 4 is 16.7 Å². The molecule has 1 aromatic carbocycles. The van der Waals surface area contributed by atoms with Gasteiger partial charge in [-0.1, -0.05) is 20.8 Å². The van der Waals surface area contributed by atoms with Crippen molar-refractivity contribution in [3.8, 4) is 0 Å². The van der Waals surface area contributed by atoms with E-state index < -0.39 is 12.0 Å². The number of rotatable bonds is 0. The SMILES string of the molecule is CC(C)(C)c1cc(N)cc2[nH]c(C(F)(F)F)nc12. The van der Waals surface area contributed by atoms with E-state index >= 15 is 0 Å². The Morgan fingerprint density at radius 1 is 1.17 bits per heavy atom. The van der Waals surface area contributed by atoms with Crippen LogP contribution < -0.4 is 5.73 Å². The highest BCUT2D eigenvalue weighted by molar-refractivity contribution is 5.83. The molecule has 98 valence electrons. The Morgan fingerprint density at radius 3 is 2.28 bits per heavy atom. The number of aromatic amines is 1. The minimum absolute atomic E-state index is 0.312. The molecule has 0 aliphatic heterocycles. The van der Waals surface area contributed by atoms with Gasteiger partial charge < -0.3 is 10.7 Å². The van der Waals surface area contributed by atoms with Crippen LogP contribution in [0.3, 0.4) is 0 Å². The average Bonchev–Trinajstić information content (AvgIpc) is 2.57. The number of nitrogen functional groups attached to an aromatic ring is 1. The zero-order valence-corrected chi connectivity index (χ0v) is 10.3. The Bertz CT molecular complexity index is 591. The van der Waals surface area contributed by atoms with Gasteiger partial charge in [0.05, 0.1) is 11.0 Å². The molecule has 0 radical (unpaired) electrons. The molecule has 6 heteroatoms. The average molecular weight is 257 g/mol. The van der Waals surface area contributed by atoms with Crippen molar-refractivity contribution in [3.63, 3.8) is 0 Å². The van der Waals surface area contributed by atoms with Crippen molar-refractivity contribution in [2.75, 3.05) is 5.73 Å². The Labute approximate surface area is 102 Å². The van der Waals surface area contributed by atoms with Crippen LogP contribution in [0.25, 0.3) is 11.0 Å². The summed E-state index contributed by atoms with van der Waals surface area (Å²) in [6.45, 7) is 5.72. The van der Waals surface area contributed by atoms with Crippen molar-refractivity contribution in [2.24, 2.45) is 0 Å². The summed E-state index contributed by atoms with van der Waals surface area (Å²) < 4.78 is 37.9. The summed E-state index contributed by atoms with van der Waals surface area (Å²) in [5.41, 5.74) is 7.14. The Balaban J connectivity index is 2.76. The summed E-state index contributed by atoms with van der Waals surface area (Å²) in [6, 6.07) is 3.14. The summed E-state index contributed by atoms with van der Waals surface area (Å²) in [6.07, 6.45) is -4.48. The van der Waals surface area contributed by atoms with Gasteiger partial charge in [0.2, 0.25) is 5.82 Å². The molecular formula is C12H14F3N3. The first-order valence-electron chi connectivity index (χ1n) is 5.46. The predicted molar refractivity (Wildman–Crippen MR) is 64.2 cm³/mol. The van der Waals surface area contributed by atoms with Gasteiger partial charge in [0.15, 0.2) is 0 Å². The van der Waals surface area contributed by atoms with E-state index in [0.29, 0.717) is 22.3 Å². The third-order valence-electron chi connectivity index (χ3n) is 2.69. The van der Waals surface area contributed by atoms with E-state index in [1.165, 1.54) is 6.07 Å². The molecule has 0 saturated heterocycles. The quantitative estimate of drug-likeness (QED) is 0.710. The normalized spacial score (nSPS) is 13.2. The van der Waals surface area contributed by atoms with Crippen LogP contribution in [-0.2, 0) is 11.6 Å². The maximum atomic E-state index is 12.6. The number of anilines is 1. The third-order valence-corrected chi connectivity index (χ3v) is 2.69. The third kappa shape index (κ3) is 2.14. The maximum absolute atomic E-state index is 12.6. The zero-order chi connectivity index (χ0) is 13.7.